The first-order valence-electron chi connectivity index (χ1n) is 8.19. The molecular weight excluding hydrogens is 244 g/mol. The van der Waals surface area contributed by atoms with E-state index in [0.29, 0.717) is 5.78 Å². The van der Waals surface area contributed by atoms with Gasteiger partial charge in [-0.3, -0.25) is 4.79 Å². The molecule has 0 amide bonds. The summed E-state index contributed by atoms with van der Waals surface area (Å²) in [5, 5.41) is 0. The van der Waals surface area contributed by atoms with Crippen LogP contribution in [0.1, 0.15) is 60.0 Å². The molecule has 0 spiro atoms. The Bertz CT molecular complexity index is 569. The smallest absolute Gasteiger partial charge is 0.169 e. The van der Waals surface area contributed by atoms with Crippen molar-refractivity contribution in [2.45, 2.75) is 52.4 Å². The zero-order chi connectivity index (χ0) is 13.9. The average molecular weight is 268 g/mol. The molecule has 3 bridgehead atoms. The third kappa shape index (κ3) is 1.71. The topological polar surface area (TPSA) is 17.1 Å². The van der Waals surface area contributed by atoms with Gasteiger partial charge in [-0.05, 0) is 80.9 Å². The second kappa shape index (κ2) is 4.19. The molecule has 4 atom stereocenters. The van der Waals surface area contributed by atoms with Gasteiger partial charge < -0.3 is 0 Å². The molecule has 0 radical (unpaired) electrons. The Morgan fingerprint density at radius 1 is 1.05 bits per heavy atom. The van der Waals surface area contributed by atoms with Crippen LogP contribution in [0.3, 0.4) is 0 Å². The maximum Gasteiger partial charge on any atom is 0.169 e. The van der Waals surface area contributed by atoms with E-state index in [0.717, 1.165) is 23.3 Å². The molecule has 3 aliphatic rings. The zero-order valence-electron chi connectivity index (χ0n) is 12.6. The number of hydrogen-bond acceptors (Lipinski definition) is 1. The maximum atomic E-state index is 13.2. The van der Waals surface area contributed by atoms with Gasteiger partial charge in [0.2, 0.25) is 0 Å². The summed E-state index contributed by atoms with van der Waals surface area (Å²) in [6, 6.07) is 6.29. The Morgan fingerprint density at radius 2 is 1.85 bits per heavy atom. The monoisotopic (exact) mass is 268 g/mol. The number of carbonyl (C=O) groups excluding carboxylic acids is 1. The second-order valence-electron chi connectivity index (χ2n) is 7.72. The minimum Gasteiger partial charge on any atom is -0.294 e. The molecule has 1 heteroatoms. The summed E-state index contributed by atoms with van der Waals surface area (Å²) >= 11 is 0. The number of benzene rings is 1. The van der Waals surface area contributed by atoms with Gasteiger partial charge in [0.15, 0.2) is 5.78 Å². The van der Waals surface area contributed by atoms with Gasteiger partial charge in [-0.1, -0.05) is 18.6 Å². The first-order valence-corrected chi connectivity index (χ1v) is 8.19. The molecule has 0 N–H and O–H groups in total. The zero-order valence-corrected chi connectivity index (χ0v) is 12.6. The lowest BCUT2D eigenvalue weighted by atomic mass is 9.65. The number of hydrogen-bond donors (Lipinski definition) is 0. The summed E-state index contributed by atoms with van der Waals surface area (Å²) in [6.45, 7) is 4.24. The number of fused-ring (bicyclic) bond motifs is 2. The van der Waals surface area contributed by atoms with Crippen molar-refractivity contribution in [1.29, 1.82) is 0 Å². The summed E-state index contributed by atoms with van der Waals surface area (Å²) < 4.78 is 0. The van der Waals surface area contributed by atoms with Crippen LogP contribution >= 0.6 is 0 Å². The van der Waals surface area contributed by atoms with Crippen molar-refractivity contribution in [2.75, 3.05) is 0 Å². The summed E-state index contributed by atoms with van der Waals surface area (Å²) in [6.07, 6.45) is 7.71. The van der Waals surface area contributed by atoms with Crippen LogP contribution in [-0.2, 0) is 0 Å². The van der Waals surface area contributed by atoms with E-state index in [1.807, 2.05) is 0 Å². The van der Waals surface area contributed by atoms with Crippen molar-refractivity contribution in [1.82, 2.24) is 0 Å². The first-order chi connectivity index (χ1) is 9.57. The van der Waals surface area contributed by atoms with Gasteiger partial charge in [-0.25, -0.2) is 0 Å². The van der Waals surface area contributed by atoms with Gasteiger partial charge in [0.1, 0.15) is 0 Å². The fraction of sp³-hybridized carbons (Fsp3) is 0.632. The molecular formula is C19H24O. The predicted molar refractivity (Wildman–Crippen MR) is 80.9 cm³/mol. The van der Waals surface area contributed by atoms with Crippen LogP contribution < -0.4 is 0 Å². The Balaban J connectivity index is 1.70. The minimum absolute atomic E-state index is 0.0104. The van der Waals surface area contributed by atoms with Crippen LogP contribution in [0.15, 0.2) is 18.2 Å². The summed E-state index contributed by atoms with van der Waals surface area (Å²) in [4.78, 5) is 13.2. The van der Waals surface area contributed by atoms with Crippen LogP contribution in [0, 0.1) is 37.0 Å². The molecule has 1 aromatic rings. The van der Waals surface area contributed by atoms with Crippen LogP contribution in [0.25, 0.3) is 0 Å². The van der Waals surface area contributed by atoms with Crippen molar-refractivity contribution >= 4 is 5.78 Å². The van der Waals surface area contributed by atoms with Crippen molar-refractivity contribution in [3.63, 3.8) is 0 Å². The van der Waals surface area contributed by atoms with E-state index in [-0.39, 0.29) is 5.41 Å². The fourth-order valence-corrected chi connectivity index (χ4v) is 5.40. The number of rotatable bonds is 2. The molecule has 20 heavy (non-hydrogen) atoms. The second-order valence-corrected chi connectivity index (χ2v) is 7.72. The van der Waals surface area contributed by atoms with Crippen LogP contribution in [0.5, 0.6) is 0 Å². The maximum absolute atomic E-state index is 13.2. The van der Waals surface area contributed by atoms with Crippen molar-refractivity contribution in [2.24, 2.45) is 23.2 Å². The number of aryl methyl sites for hydroxylation is 2. The number of carbonyl (C=O) groups is 1. The molecule has 1 nitrogen and oxygen atoms in total. The van der Waals surface area contributed by atoms with Gasteiger partial charge in [-0.2, -0.15) is 0 Å². The SMILES string of the molecule is Cc1ccc(C(=O)C23CC4CCC(C2)C(C4)C3)cc1C. The van der Waals surface area contributed by atoms with E-state index in [1.165, 1.54) is 49.7 Å². The molecule has 4 rings (SSSR count). The van der Waals surface area contributed by atoms with Gasteiger partial charge in [0.25, 0.3) is 0 Å². The standard InChI is InChI=1S/C19H24O/c1-12-3-5-15(7-13(12)2)18(20)19-9-14-4-6-16(10-19)17(8-14)11-19/h3,5,7,14,16-17H,4,6,8-11H2,1-2H3. The van der Waals surface area contributed by atoms with Crippen molar-refractivity contribution in [3.05, 3.63) is 34.9 Å². The lowest BCUT2D eigenvalue weighted by Gasteiger charge is -2.38. The van der Waals surface area contributed by atoms with E-state index in [4.69, 9.17) is 0 Å². The minimum atomic E-state index is 0.0104. The van der Waals surface area contributed by atoms with E-state index < -0.39 is 0 Å². The van der Waals surface area contributed by atoms with Gasteiger partial charge in [-0.15, -0.1) is 0 Å². The Labute approximate surface area is 121 Å². The molecule has 0 aromatic heterocycles. The van der Waals surface area contributed by atoms with Crippen LogP contribution in [0.2, 0.25) is 0 Å². The Morgan fingerprint density at radius 3 is 2.65 bits per heavy atom. The fourth-order valence-electron chi connectivity index (χ4n) is 5.40. The molecule has 3 aliphatic carbocycles. The molecule has 3 fully saturated rings. The number of Topliss-reactive ketones (excluding diaryl/α,β-unsaturated/α-hetero) is 1. The van der Waals surface area contributed by atoms with Crippen molar-refractivity contribution in [3.8, 4) is 0 Å². The molecule has 0 aliphatic heterocycles. The highest BCUT2D eigenvalue weighted by atomic mass is 16.1. The highest BCUT2D eigenvalue weighted by molar-refractivity contribution is 6.01. The van der Waals surface area contributed by atoms with E-state index in [2.05, 4.69) is 32.0 Å². The predicted octanol–water partition coefficient (Wildman–Crippen LogP) is 4.70. The lowest BCUT2D eigenvalue weighted by Crippen LogP contribution is -2.35. The summed E-state index contributed by atoms with van der Waals surface area (Å²) in [5.41, 5.74) is 3.51. The van der Waals surface area contributed by atoms with Gasteiger partial charge >= 0.3 is 0 Å². The van der Waals surface area contributed by atoms with Crippen LogP contribution in [-0.4, -0.2) is 5.78 Å². The summed E-state index contributed by atoms with van der Waals surface area (Å²) in [5.74, 6) is 3.00. The van der Waals surface area contributed by atoms with E-state index in [1.54, 1.807) is 0 Å². The molecule has 106 valence electrons. The average Bonchev–Trinajstić information content (AvgIpc) is 2.61. The van der Waals surface area contributed by atoms with Crippen molar-refractivity contribution < 1.29 is 4.79 Å². The molecule has 1 aromatic carbocycles. The molecule has 0 saturated heterocycles. The van der Waals surface area contributed by atoms with Crippen LogP contribution in [0.4, 0.5) is 0 Å². The lowest BCUT2D eigenvalue weighted by molar-refractivity contribution is 0.0665. The highest BCUT2D eigenvalue weighted by Gasteiger charge is 2.56. The van der Waals surface area contributed by atoms with E-state index in [9.17, 15) is 4.79 Å². The normalized spacial score (nSPS) is 38.2. The number of ketones is 1. The quantitative estimate of drug-likeness (QED) is 0.710. The van der Waals surface area contributed by atoms with Gasteiger partial charge in [0.05, 0.1) is 0 Å². The molecule has 3 saturated carbocycles. The Kier molecular flexibility index (Phi) is 2.64. The Hall–Kier alpha value is -1.11. The first kappa shape index (κ1) is 12.6. The van der Waals surface area contributed by atoms with Gasteiger partial charge in [0, 0.05) is 11.0 Å². The van der Waals surface area contributed by atoms with E-state index >= 15 is 0 Å². The summed E-state index contributed by atoms with van der Waals surface area (Å²) in [7, 11) is 0. The largest absolute Gasteiger partial charge is 0.294 e. The molecule has 4 unspecified atom stereocenters. The molecule has 0 heterocycles. The third-order valence-corrected chi connectivity index (χ3v) is 6.48. The highest BCUT2D eigenvalue weighted by Crippen LogP contribution is 2.62. The third-order valence-electron chi connectivity index (χ3n) is 6.48.